The van der Waals surface area contributed by atoms with Crippen molar-refractivity contribution in [3.05, 3.63) is 75.8 Å². The number of benzene rings is 3. The molecule has 0 saturated heterocycles. The molecule has 0 bridgehead atoms. The third kappa shape index (κ3) is 6.53. The average molecular weight is 607 g/mol. The summed E-state index contributed by atoms with van der Waals surface area (Å²) in [7, 11) is 3.59. The van der Waals surface area contributed by atoms with E-state index in [1.807, 2.05) is 42.1 Å². The number of carbonyl (C=O) groups is 2. The van der Waals surface area contributed by atoms with Crippen molar-refractivity contribution in [2.75, 3.05) is 43.9 Å². The maximum atomic E-state index is 13.5. The standard InChI is InChI=1S/C33H39ClN4O5/c1-5-7-17-43-24-12-13-26(27(34)20-24)33(40)37-16-15-25-23(21-37)9-8-10-28(25)38-29-18-22(11-14-31(39)42-6-2)19-30(41-4)32(29)36(3)35-38/h8-10,12-13,18-20,35H,5-7,11,14-17,21H2,1-4H3. The van der Waals surface area contributed by atoms with Crippen molar-refractivity contribution in [3.8, 4) is 11.5 Å². The summed E-state index contributed by atoms with van der Waals surface area (Å²) in [5, 5.41) is 4.38. The van der Waals surface area contributed by atoms with E-state index in [1.54, 1.807) is 19.2 Å². The third-order valence-corrected chi connectivity index (χ3v) is 8.10. The Hall–Kier alpha value is -3.95. The van der Waals surface area contributed by atoms with Crippen LogP contribution in [0.25, 0.3) is 0 Å². The van der Waals surface area contributed by atoms with Gasteiger partial charge in [0.15, 0.2) is 0 Å². The molecule has 10 heteroatoms. The molecule has 2 aliphatic rings. The van der Waals surface area contributed by atoms with Crippen LogP contribution < -0.4 is 25.0 Å². The Kier molecular flexibility index (Phi) is 9.62. The van der Waals surface area contributed by atoms with Crippen LogP contribution in [0.3, 0.4) is 0 Å². The van der Waals surface area contributed by atoms with E-state index >= 15 is 0 Å². The number of aryl methyl sites for hydroxylation is 1. The Morgan fingerprint density at radius 2 is 1.91 bits per heavy atom. The minimum atomic E-state index is -0.220. The number of nitrogens with one attached hydrogen (secondary N) is 1. The van der Waals surface area contributed by atoms with Crippen LogP contribution in [0.5, 0.6) is 11.5 Å². The van der Waals surface area contributed by atoms with Crippen LogP contribution in [0.2, 0.25) is 5.02 Å². The van der Waals surface area contributed by atoms with Gasteiger partial charge in [0.2, 0.25) is 0 Å². The predicted octanol–water partition coefficient (Wildman–Crippen LogP) is 6.23. The number of amides is 1. The number of ether oxygens (including phenoxy) is 3. The molecule has 1 amide bonds. The second-order valence-electron chi connectivity index (χ2n) is 10.7. The van der Waals surface area contributed by atoms with Gasteiger partial charge in [-0.15, -0.1) is 5.53 Å². The number of hydrazine groups is 2. The summed E-state index contributed by atoms with van der Waals surface area (Å²) < 4.78 is 16.6. The van der Waals surface area contributed by atoms with E-state index < -0.39 is 0 Å². The smallest absolute Gasteiger partial charge is 0.306 e. The van der Waals surface area contributed by atoms with E-state index in [1.165, 1.54) is 5.56 Å². The average Bonchev–Trinajstić information content (AvgIpc) is 3.35. The fourth-order valence-corrected chi connectivity index (χ4v) is 5.86. The molecule has 0 unspecified atom stereocenters. The molecule has 2 heterocycles. The van der Waals surface area contributed by atoms with Crippen LogP contribution in [-0.4, -0.2) is 50.7 Å². The molecule has 0 fully saturated rings. The van der Waals surface area contributed by atoms with E-state index in [9.17, 15) is 9.59 Å². The molecule has 0 atom stereocenters. The Balaban J connectivity index is 1.37. The molecule has 3 aromatic rings. The first kappa shape index (κ1) is 30.5. The van der Waals surface area contributed by atoms with Gasteiger partial charge in [0.05, 0.1) is 42.3 Å². The number of hydrogen-bond acceptors (Lipinski definition) is 8. The normalized spacial score (nSPS) is 13.9. The summed E-state index contributed by atoms with van der Waals surface area (Å²) in [5.74, 6) is 1.08. The molecule has 1 N–H and O–H groups in total. The molecule has 0 saturated carbocycles. The van der Waals surface area contributed by atoms with Gasteiger partial charge < -0.3 is 19.1 Å². The topological polar surface area (TPSA) is 83.6 Å². The highest BCUT2D eigenvalue weighted by molar-refractivity contribution is 6.34. The van der Waals surface area contributed by atoms with E-state index in [0.29, 0.717) is 67.7 Å². The van der Waals surface area contributed by atoms with Crippen LogP contribution >= 0.6 is 11.6 Å². The molecule has 9 nitrogen and oxygen atoms in total. The van der Waals surface area contributed by atoms with E-state index in [-0.39, 0.29) is 11.9 Å². The van der Waals surface area contributed by atoms with Crippen LogP contribution in [0.1, 0.15) is 60.2 Å². The largest absolute Gasteiger partial charge is 0.494 e. The van der Waals surface area contributed by atoms with Crippen molar-refractivity contribution in [1.29, 1.82) is 0 Å². The second kappa shape index (κ2) is 13.6. The number of hydrogen-bond donors (Lipinski definition) is 1. The molecule has 43 heavy (non-hydrogen) atoms. The SMILES string of the molecule is CCCCOc1ccc(C(=O)N2CCc3c(cccc3N3NN(C)c4c(OC)cc(CCC(=O)OCC)cc43)C2)c(Cl)c1. The lowest BCUT2D eigenvalue weighted by Gasteiger charge is -2.32. The number of rotatable bonds is 11. The summed E-state index contributed by atoms with van der Waals surface area (Å²) in [5.41, 5.74) is 9.99. The Bertz CT molecular complexity index is 1500. The van der Waals surface area contributed by atoms with Crippen molar-refractivity contribution < 1.29 is 23.8 Å². The number of anilines is 3. The lowest BCUT2D eigenvalue weighted by Crippen LogP contribution is -2.41. The number of carbonyl (C=O) groups excluding carboxylic acids is 2. The van der Waals surface area contributed by atoms with Gasteiger partial charge in [0.25, 0.3) is 5.91 Å². The minimum absolute atomic E-state index is 0.0958. The van der Waals surface area contributed by atoms with Crippen LogP contribution in [0.4, 0.5) is 17.1 Å². The highest BCUT2D eigenvalue weighted by Gasteiger charge is 2.32. The van der Waals surface area contributed by atoms with Gasteiger partial charge in [-0.05, 0) is 79.3 Å². The van der Waals surface area contributed by atoms with Gasteiger partial charge in [-0.3, -0.25) is 19.6 Å². The Morgan fingerprint density at radius 1 is 1.07 bits per heavy atom. The number of methoxy groups -OCH3 is 1. The highest BCUT2D eigenvalue weighted by Crippen LogP contribution is 2.46. The van der Waals surface area contributed by atoms with Gasteiger partial charge in [-0.25, -0.2) is 0 Å². The number of fused-ring (bicyclic) bond motifs is 2. The van der Waals surface area contributed by atoms with E-state index in [4.69, 9.17) is 25.8 Å². The molecule has 3 aromatic carbocycles. The fraction of sp³-hybridized carbons (Fsp3) is 0.394. The molecule has 0 radical (unpaired) electrons. The van der Waals surface area contributed by atoms with Crippen LogP contribution in [0.15, 0.2) is 48.5 Å². The van der Waals surface area contributed by atoms with Crippen molar-refractivity contribution in [2.24, 2.45) is 0 Å². The van der Waals surface area contributed by atoms with Gasteiger partial charge in [0.1, 0.15) is 17.2 Å². The Morgan fingerprint density at radius 3 is 2.65 bits per heavy atom. The molecule has 5 rings (SSSR count). The van der Waals surface area contributed by atoms with Crippen LogP contribution in [-0.2, 0) is 28.9 Å². The van der Waals surface area contributed by atoms with E-state index in [2.05, 4.69) is 35.7 Å². The molecule has 0 aromatic heterocycles. The quantitative estimate of drug-likeness (QED) is 0.203. The molecular weight excluding hydrogens is 568 g/mol. The van der Waals surface area contributed by atoms with Gasteiger partial charge in [-0.2, -0.15) is 0 Å². The fourth-order valence-electron chi connectivity index (χ4n) is 5.61. The van der Waals surface area contributed by atoms with Gasteiger partial charge >= 0.3 is 5.97 Å². The zero-order chi connectivity index (χ0) is 30.5. The highest BCUT2D eigenvalue weighted by atomic mass is 35.5. The summed E-state index contributed by atoms with van der Waals surface area (Å²) in [6.45, 7) is 5.95. The van der Waals surface area contributed by atoms with Crippen molar-refractivity contribution in [3.63, 3.8) is 0 Å². The Labute approximate surface area is 258 Å². The zero-order valence-corrected chi connectivity index (χ0v) is 26.0. The zero-order valence-electron chi connectivity index (χ0n) is 25.2. The number of nitrogens with zero attached hydrogens (tertiary/aromatic N) is 3. The maximum Gasteiger partial charge on any atom is 0.306 e. The van der Waals surface area contributed by atoms with Crippen molar-refractivity contribution in [1.82, 2.24) is 10.4 Å². The predicted molar refractivity (Wildman–Crippen MR) is 168 cm³/mol. The summed E-state index contributed by atoms with van der Waals surface area (Å²) in [6.07, 6.45) is 3.53. The number of unbranched alkanes of at least 4 members (excludes halogenated alkanes) is 1. The minimum Gasteiger partial charge on any atom is -0.494 e. The molecule has 0 aliphatic carbocycles. The molecular formula is C33H39ClN4O5. The first-order chi connectivity index (χ1) is 20.8. The number of esters is 1. The monoisotopic (exact) mass is 606 g/mol. The third-order valence-electron chi connectivity index (χ3n) is 7.79. The number of halogens is 1. The summed E-state index contributed by atoms with van der Waals surface area (Å²) in [6, 6.07) is 15.5. The second-order valence-corrected chi connectivity index (χ2v) is 11.1. The molecule has 0 spiro atoms. The van der Waals surface area contributed by atoms with Gasteiger partial charge in [-0.1, -0.05) is 37.1 Å². The van der Waals surface area contributed by atoms with E-state index in [0.717, 1.165) is 41.0 Å². The molecule has 228 valence electrons. The molecule has 2 aliphatic heterocycles. The van der Waals surface area contributed by atoms with Crippen molar-refractivity contribution in [2.45, 2.75) is 52.5 Å². The first-order valence-electron chi connectivity index (χ1n) is 14.8. The maximum absolute atomic E-state index is 13.5. The lowest BCUT2D eigenvalue weighted by atomic mass is 9.96. The van der Waals surface area contributed by atoms with Crippen molar-refractivity contribution >= 4 is 40.5 Å². The first-order valence-corrected chi connectivity index (χ1v) is 15.2. The lowest BCUT2D eigenvalue weighted by molar-refractivity contribution is -0.143. The van der Waals surface area contributed by atoms with Gasteiger partial charge in [0, 0.05) is 26.6 Å². The van der Waals surface area contributed by atoms with Crippen LogP contribution in [0, 0.1) is 0 Å². The summed E-state index contributed by atoms with van der Waals surface area (Å²) >= 11 is 6.54. The summed E-state index contributed by atoms with van der Waals surface area (Å²) in [4.78, 5) is 27.4.